The first-order valence-corrected chi connectivity index (χ1v) is 13.0. The van der Waals surface area contributed by atoms with Gasteiger partial charge in [-0.15, -0.1) is 0 Å². The number of hydrogen-bond donors (Lipinski definition) is 7. The van der Waals surface area contributed by atoms with Gasteiger partial charge in [-0.05, 0) is 6.42 Å². The Morgan fingerprint density at radius 3 is 1.54 bits per heavy atom. The second-order valence-electron chi connectivity index (χ2n) is 9.60. The molecule has 7 N–H and O–H groups in total. The lowest BCUT2D eigenvalue weighted by Gasteiger charge is -2.42. The highest BCUT2D eigenvalue weighted by Crippen LogP contribution is 2.26. The molecule has 0 spiro atoms. The molecule has 11 heteroatoms. The van der Waals surface area contributed by atoms with Gasteiger partial charge in [0.2, 0.25) is 0 Å². The molecule has 208 valence electrons. The Hall–Kier alpha value is -0.440. The molecule has 2 fully saturated rings. The van der Waals surface area contributed by atoms with Crippen LogP contribution in [0.15, 0.2) is 0 Å². The Morgan fingerprint density at radius 2 is 1.00 bits per heavy atom. The summed E-state index contributed by atoms with van der Waals surface area (Å²) in [4.78, 5) is 0. The van der Waals surface area contributed by atoms with E-state index in [0.717, 1.165) is 19.3 Å². The third kappa shape index (κ3) is 9.42. The Labute approximate surface area is 207 Å². The van der Waals surface area contributed by atoms with Crippen molar-refractivity contribution in [2.45, 2.75) is 133 Å². The van der Waals surface area contributed by atoms with E-state index in [1.807, 2.05) is 0 Å². The normalized spacial score (nSPS) is 38.1. The first kappa shape index (κ1) is 30.8. The highest BCUT2D eigenvalue weighted by molar-refractivity contribution is 4.91. The molecule has 0 unspecified atom stereocenters. The number of unbranched alkanes of at least 4 members (excludes halogenated alkanes) is 9. The number of aliphatic hydroxyl groups is 7. The molecule has 2 heterocycles. The van der Waals surface area contributed by atoms with Crippen molar-refractivity contribution in [1.82, 2.24) is 0 Å². The van der Waals surface area contributed by atoms with Crippen LogP contribution in [-0.4, -0.2) is 117 Å². The summed E-state index contributed by atoms with van der Waals surface area (Å²) >= 11 is 0. The van der Waals surface area contributed by atoms with Gasteiger partial charge in [0.1, 0.15) is 48.8 Å². The summed E-state index contributed by atoms with van der Waals surface area (Å²) in [6.45, 7) is 1.56. The number of ether oxygens (including phenoxy) is 4. The van der Waals surface area contributed by atoms with E-state index >= 15 is 0 Å². The standard InChI is InChI=1S/C24H46O11/c1-2-3-4-5-6-7-8-9-10-11-12-32-23-21(30)20(29)18(27)16(35-23)14-33-24-22(31)19(28)17(26)15(13-25)34-24/h15-31H,2-14H2,1H3/t15-,16-,17+,18-,19+,20+,21-,22-,23-,24+/m1/s1. The summed E-state index contributed by atoms with van der Waals surface area (Å²) in [7, 11) is 0. The molecule has 0 saturated carbocycles. The lowest BCUT2D eigenvalue weighted by Crippen LogP contribution is -2.61. The fourth-order valence-electron chi connectivity index (χ4n) is 4.38. The van der Waals surface area contributed by atoms with E-state index in [-0.39, 0.29) is 6.61 Å². The SMILES string of the molecule is CCCCCCCCCCCCO[C@@H]1O[C@H](CO[C@H]2O[C@H](CO)[C@H](O)[C@H](O)[C@H]2O)[C@@H](O)[C@H](O)[C@H]1O. The summed E-state index contributed by atoms with van der Waals surface area (Å²) in [6.07, 6.45) is -2.35. The maximum Gasteiger partial charge on any atom is 0.186 e. The molecule has 0 aliphatic carbocycles. The average Bonchev–Trinajstić information content (AvgIpc) is 2.86. The lowest BCUT2D eigenvalue weighted by atomic mass is 9.98. The van der Waals surface area contributed by atoms with Crippen LogP contribution in [0.3, 0.4) is 0 Å². The third-order valence-corrected chi connectivity index (χ3v) is 6.72. The highest BCUT2D eigenvalue weighted by Gasteiger charge is 2.47. The minimum absolute atomic E-state index is 0.321. The molecule has 0 aromatic heterocycles. The molecule has 10 atom stereocenters. The zero-order chi connectivity index (χ0) is 25.8. The number of aliphatic hydroxyl groups excluding tert-OH is 7. The van der Waals surface area contributed by atoms with Gasteiger partial charge in [0.25, 0.3) is 0 Å². The maximum atomic E-state index is 10.3. The minimum Gasteiger partial charge on any atom is -0.394 e. The zero-order valence-electron chi connectivity index (χ0n) is 20.7. The fourth-order valence-corrected chi connectivity index (χ4v) is 4.38. The van der Waals surface area contributed by atoms with E-state index in [1.165, 1.54) is 44.9 Å². The van der Waals surface area contributed by atoms with Crippen molar-refractivity contribution in [3.05, 3.63) is 0 Å². The van der Waals surface area contributed by atoms with E-state index in [1.54, 1.807) is 0 Å². The van der Waals surface area contributed by atoms with Crippen molar-refractivity contribution in [2.75, 3.05) is 19.8 Å². The van der Waals surface area contributed by atoms with Gasteiger partial charge in [0, 0.05) is 6.61 Å². The van der Waals surface area contributed by atoms with Crippen molar-refractivity contribution >= 4 is 0 Å². The lowest BCUT2D eigenvalue weighted by molar-refractivity contribution is -0.331. The summed E-state index contributed by atoms with van der Waals surface area (Å²) in [6, 6.07) is 0. The Bertz CT molecular complexity index is 552. The van der Waals surface area contributed by atoms with Gasteiger partial charge < -0.3 is 54.7 Å². The van der Waals surface area contributed by atoms with Gasteiger partial charge in [-0.25, -0.2) is 0 Å². The first-order valence-electron chi connectivity index (χ1n) is 13.0. The van der Waals surface area contributed by atoms with Gasteiger partial charge >= 0.3 is 0 Å². The summed E-state index contributed by atoms with van der Waals surface area (Å²) < 4.78 is 21.9. The van der Waals surface area contributed by atoms with Gasteiger partial charge in [-0.1, -0.05) is 64.7 Å². The molecule has 2 saturated heterocycles. The molecule has 0 radical (unpaired) electrons. The van der Waals surface area contributed by atoms with E-state index < -0.39 is 68.0 Å². The van der Waals surface area contributed by atoms with Gasteiger partial charge in [0.05, 0.1) is 13.2 Å². The van der Waals surface area contributed by atoms with Crippen LogP contribution in [0.25, 0.3) is 0 Å². The fraction of sp³-hybridized carbons (Fsp3) is 1.00. The molecule has 0 amide bonds. The van der Waals surface area contributed by atoms with E-state index in [0.29, 0.717) is 6.61 Å². The minimum atomic E-state index is -1.60. The van der Waals surface area contributed by atoms with Crippen LogP contribution >= 0.6 is 0 Å². The van der Waals surface area contributed by atoms with E-state index in [9.17, 15) is 35.7 Å². The molecule has 0 bridgehead atoms. The van der Waals surface area contributed by atoms with Crippen LogP contribution in [0.2, 0.25) is 0 Å². The second kappa shape index (κ2) is 16.4. The molecule has 2 aliphatic rings. The molecular formula is C24H46O11. The molecule has 0 aromatic carbocycles. The summed E-state index contributed by atoms with van der Waals surface area (Å²) in [5.74, 6) is 0. The Balaban J connectivity index is 1.70. The predicted molar refractivity (Wildman–Crippen MR) is 124 cm³/mol. The smallest absolute Gasteiger partial charge is 0.186 e. The van der Waals surface area contributed by atoms with Gasteiger partial charge in [-0.3, -0.25) is 0 Å². The van der Waals surface area contributed by atoms with Crippen LogP contribution in [0.4, 0.5) is 0 Å². The predicted octanol–water partition coefficient (Wildman–Crippen LogP) is -0.452. The molecular weight excluding hydrogens is 464 g/mol. The average molecular weight is 511 g/mol. The molecule has 35 heavy (non-hydrogen) atoms. The number of rotatable bonds is 16. The summed E-state index contributed by atoms with van der Waals surface area (Å²) in [5, 5.41) is 69.7. The highest BCUT2D eigenvalue weighted by atomic mass is 16.7. The van der Waals surface area contributed by atoms with Crippen LogP contribution in [0, 0.1) is 0 Å². The van der Waals surface area contributed by atoms with Crippen molar-refractivity contribution in [1.29, 1.82) is 0 Å². The van der Waals surface area contributed by atoms with Crippen LogP contribution in [-0.2, 0) is 18.9 Å². The third-order valence-electron chi connectivity index (χ3n) is 6.72. The van der Waals surface area contributed by atoms with Crippen molar-refractivity contribution in [2.24, 2.45) is 0 Å². The van der Waals surface area contributed by atoms with E-state index in [4.69, 9.17) is 18.9 Å². The van der Waals surface area contributed by atoms with Gasteiger partial charge in [0.15, 0.2) is 12.6 Å². The van der Waals surface area contributed by atoms with Crippen LogP contribution < -0.4 is 0 Å². The molecule has 2 rings (SSSR count). The quantitative estimate of drug-likeness (QED) is 0.134. The van der Waals surface area contributed by atoms with Crippen LogP contribution in [0.5, 0.6) is 0 Å². The Kier molecular flexibility index (Phi) is 14.4. The molecule has 11 nitrogen and oxygen atoms in total. The van der Waals surface area contributed by atoms with Crippen LogP contribution in [0.1, 0.15) is 71.1 Å². The van der Waals surface area contributed by atoms with Crippen molar-refractivity contribution in [3.8, 4) is 0 Å². The monoisotopic (exact) mass is 510 g/mol. The Morgan fingerprint density at radius 1 is 0.543 bits per heavy atom. The number of hydrogen-bond acceptors (Lipinski definition) is 11. The van der Waals surface area contributed by atoms with Crippen molar-refractivity contribution < 1.29 is 54.7 Å². The zero-order valence-corrected chi connectivity index (χ0v) is 20.7. The van der Waals surface area contributed by atoms with Gasteiger partial charge in [-0.2, -0.15) is 0 Å². The largest absolute Gasteiger partial charge is 0.394 e. The first-order chi connectivity index (χ1) is 16.8. The van der Waals surface area contributed by atoms with Crippen molar-refractivity contribution in [3.63, 3.8) is 0 Å². The van der Waals surface area contributed by atoms with E-state index in [2.05, 4.69) is 6.92 Å². The molecule has 2 aliphatic heterocycles. The maximum absolute atomic E-state index is 10.3. The topological polar surface area (TPSA) is 179 Å². The summed E-state index contributed by atoms with van der Waals surface area (Å²) in [5.41, 5.74) is 0. The second-order valence-corrected chi connectivity index (χ2v) is 9.60. The molecule has 0 aromatic rings.